The summed E-state index contributed by atoms with van der Waals surface area (Å²) in [6.07, 6.45) is 10.8. The van der Waals surface area contributed by atoms with Crippen molar-refractivity contribution in [2.24, 2.45) is 11.8 Å². The summed E-state index contributed by atoms with van der Waals surface area (Å²) in [5, 5.41) is 0. The van der Waals surface area contributed by atoms with Crippen molar-refractivity contribution in [1.29, 1.82) is 0 Å². The first-order valence-corrected chi connectivity index (χ1v) is 9.64. The molecule has 3 nitrogen and oxygen atoms in total. The van der Waals surface area contributed by atoms with Gasteiger partial charge in [0.05, 0.1) is 18.8 Å². The molecule has 2 unspecified atom stereocenters. The predicted molar refractivity (Wildman–Crippen MR) is 97.5 cm³/mol. The van der Waals surface area contributed by atoms with Crippen molar-refractivity contribution in [2.45, 2.75) is 65.2 Å². The fourth-order valence-corrected chi connectivity index (χ4v) is 3.85. The van der Waals surface area contributed by atoms with E-state index in [0.29, 0.717) is 12.2 Å². The average Bonchev–Trinajstić information content (AvgIpc) is 2.61. The minimum Gasteiger partial charge on any atom is -0.494 e. The van der Waals surface area contributed by atoms with E-state index in [2.05, 4.69) is 6.92 Å². The molecule has 1 aromatic rings. The number of carbonyl (C=O) groups excluding carboxylic acids is 1. The standard InChI is InChI=1S/C21H32O3/c1-3-8-17-9-5-6-10-18(17)11-7-16-24-20-14-12-19(13-15-20)21(22)23-4-2/h12-15,17-18H,3-11,16H2,1-2H3. The van der Waals surface area contributed by atoms with Gasteiger partial charge < -0.3 is 9.47 Å². The zero-order chi connectivity index (χ0) is 17.2. The van der Waals surface area contributed by atoms with Crippen molar-refractivity contribution in [3.8, 4) is 5.75 Å². The predicted octanol–water partition coefficient (Wildman–Crippen LogP) is 5.63. The van der Waals surface area contributed by atoms with Crippen LogP contribution in [-0.4, -0.2) is 19.2 Å². The van der Waals surface area contributed by atoms with Crippen LogP contribution < -0.4 is 4.74 Å². The zero-order valence-corrected chi connectivity index (χ0v) is 15.3. The summed E-state index contributed by atoms with van der Waals surface area (Å²) in [6, 6.07) is 7.25. The van der Waals surface area contributed by atoms with Gasteiger partial charge in [0.2, 0.25) is 0 Å². The molecule has 0 N–H and O–H groups in total. The number of rotatable bonds is 9. The first-order chi connectivity index (χ1) is 11.7. The minimum absolute atomic E-state index is 0.275. The highest BCUT2D eigenvalue weighted by molar-refractivity contribution is 5.89. The molecular formula is C21H32O3. The molecule has 0 bridgehead atoms. The quantitative estimate of drug-likeness (QED) is 0.434. The van der Waals surface area contributed by atoms with E-state index in [0.717, 1.165) is 30.6 Å². The van der Waals surface area contributed by atoms with Crippen LogP contribution in [0.4, 0.5) is 0 Å². The number of esters is 1. The lowest BCUT2D eigenvalue weighted by atomic mass is 9.75. The highest BCUT2D eigenvalue weighted by atomic mass is 16.5. The maximum atomic E-state index is 11.6. The number of hydrogen-bond donors (Lipinski definition) is 0. The zero-order valence-electron chi connectivity index (χ0n) is 15.3. The van der Waals surface area contributed by atoms with Crippen LogP contribution in [0, 0.1) is 11.8 Å². The van der Waals surface area contributed by atoms with Gasteiger partial charge in [-0.3, -0.25) is 0 Å². The van der Waals surface area contributed by atoms with Gasteiger partial charge in [-0.1, -0.05) is 45.4 Å². The molecule has 0 saturated heterocycles. The van der Waals surface area contributed by atoms with E-state index >= 15 is 0 Å². The molecule has 0 amide bonds. The maximum absolute atomic E-state index is 11.6. The van der Waals surface area contributed by atoms with Crippen LogP contribution in [0.1, 0.15) is 75.6 Å². The Bertz CT molecular complexity index is 478. The highest BCUT2D eigenvalue weighted by Gasteiger charge is 2.23. The second kappa shape index (κ2) is 10.4. The third kappa shape index (κ3) is 5.85. The molecule has 1 aliphatic rings. The Morgan fingerprint density at radius 1 is 1.04 bits per heavy atom. The van der Waals surface area contributed by atoms with Gasteiger partial charge in [-0.05, 0) is 55.9 Å². The number of benzene rings is 1. The summed E-state index contributed by atoms with van der Waals surface area (Å²) in [6.45, 7) is 5.27. The fourth-order valence-electron chi connectivity index (χ4n) is 3.85. The molecule has 1 aromatic carbocycles. The second-order valence-electron chi connectivity index (χ2n) is 6.83. The van der Waals surface area contributed by atoms with E-state index in [4.69, 9.17) is 9.47 Å². The SMILES string of the molecule is CCCC1CCCCC1CCCOc1ccc(C(=O)OCC)cc1. The Labute approximate surface area is 146 Å². The number of hydrogen-bond acceptors (Lipinski definition) is 3. The van der Waals surface area contributed by atoms with Gasteiger partial charge in [0.1, 0.15) is 5.75 Å². The fraction of sp³-hybridized carbons (Fsp3) is 0.667. The van der Waals surface area contributed by atoms with Crippen LogP contribution in [0.5, 0.6) is 5.75 Å². The van der Waals surface area contributed by atoms with Gasteiger partial charge in [0.25, 0.3) is 0 Å². The topological polar surface area (TPSA) is 35.5 Å². The Morgan fingerprint density at radius 3 is 2.33 bits per heavy atom. The van der Waals surface area contributed by atoms with Crippen LogP contribution in [-0.2, 0) is 4.74 Å². The van der Waals surface area contributed by atoms with Crippen LogP contribution in [0.3, 0.4) is 0 Å². The lowest BCUT2D eigenvalue weighted by Crippen LogP contribution is -2.20. The van der Waals surface area contributed by atoms with E-state index in [1.807, 2.05) is 19.1 Å². The molecular weight excluding hydrogens is 300 g/mol. The van der Waals surface area contributed by atoms with Gasteiger partial charge in [0, 0.05) is 0 Å². The lowest BCUT2D eigenvalue weighted by Gasteiger charge is -2.31. The monoisotopic (exact) mass is 332 g/mol. The molecule has 2 atom stereocenters. The molecule has 1 fully saturated rings. The van der Waals surface area contributed by atoms with Crippen LogP contribution in [0.15, 0.2) is 24.3 Å². The molecule has 1 aliphatic carbocycles. The van der Waals surface area contributed by atoms with Crippen molar-refractivity contribution in [3.63, 3.8) is 0 Å². The Morgan fingerprint density at radius 2 is 1.71 bits per heavy atom. The summed E-state index contributed by atoms with van der Waals surface area (Å²) in [5.74, 6) is 2.39. The third-order valence-electron chi connectivity index (χ3n) is 5.08. The van der Waals surface area contributed by atoms with Crippen LogP contribution >= 0.6 is 0 Å². The van der Waals surface area contributed by atoms with Gasteiger partial charge in [0.15, 0.2) is 0 Å². The number of carbonyl (C=O) groups is 1. The molecule has 134 valence electrons. The molecule has 0 radical (unpaired) electrons. The molecule has 1 saturated carbocycles. The van der Waals surface area contributed by atoms with Gasteiger partial charge >= 0.3 is 5.97 Å². The van der Waals surface area contributed by atoms with Crippen molar-refractivity contribution in [1.82, 2.24) is 0 Å². The summed E-state index contributed by atoms with van der Waals surface area (Å²) >= 11 is 0. The molecule has 0 spiro atoms. The molecule has 24 heavy (non-hydrogen) atoms. The van der Waals surface area contributed by atoms with Crippen molar-refractivity contribution in [3.05, 3.63) is 29.8 Å². The summed E-state index contributed by atoms with van der Waals surface area (Å²) in [7, 11) is 0. The number of ether oxygens (including phenoxy) is 2. The minimum atomic E-state index is -0.275. The lowest BCUT2D eigenvalue weighted by molar-refractivity contribution is 0.0526. The van der Waals surface area contributed by atoms with Gasteiger partial charge in [-0.25, -0.2) is 4.79 Å². The van der Waals surface area contributed by atoms with Crippen LogP contribution in [0.25, 0.3) is 0 Å². The van der Waals surface area contributed by atoms with Gasteiger partial charge in [-0.15, -0.1) is 0 Å². The van der Waals surface area contributed by atoms with E-state index < -0.39 is 0 Å². The third-order valence-corrected chi connectivity index (χ3v) is 5.08. The van der Waals surface area contributed by atoms with Crippen molar-refractivity contribution < 1.29 is 14.3 Å². The van der Waals surface area contributed by atoms with Crippen LogP contribution in [0.2, 0.25) is 0 Å². The van der Waals surface area contributed by atoms with E-state index in [-0.39, 0.29) is 5.97 Å². The Hall–Kier alpha value is -1.51. The molecule has 0 aromatic heterocycles. The largest absolute Gasteiger partial charge is 0.494 e. The molecule has 0 aliphatic heterocycles. The smallest absolute Gasteiger partial charge is 0.338 e. The summed E-state index contributed by atoms with van der Waals surface area (Å²) in [5.41, 5.74) is 0.578. The highest BCUT2D eigenvalue weighted by Crippen LogP contribution is 2.35. The second-order valence-corrected chi connectivity index (χ2v) is 6.83. The average molecular weight is 332 g/mol. The maximum Gasteiger partial charge on any atom is 0.338 e. The Balaban J connectivity index is 1.70. The first kappa shape index (κ1) is 18.8. The van der Waals surface area contributed by atoms with Crippen molar-refractivity contribution in [2.75, 3.05) is 13.2 Å². The van der Waals surface area contributed by atoms with Crippen molar-refractivity contribution >= 4 is 5.97 Å². The summed E-state index contributed by atoms with van der Waals surface area (Å²) in [4.78, 5) is 11.6. The van der Waals surface area contributed by atoms with E-state index in [9.17, 15) is 4.79 Å². The van der Waals surface area contributed by atoms with E-state index in [1.54, 1.807) is 12.1 Å². The first-order valence-electron chi connectivity index (χ1n) is 9.64. The van der Waals surface area contributed by atoms with E-state index in [1.165, 1.54) is 44.9 Å². The molecule has 3 heteroatoms. The summed E-state index contributed by atoms with van der Waals surface area (Å²) < 4.78 is 10.8. The van der Waals surface area contributed by atoms with Gasteiger partial charge in [-0.2, -0.15) is 0 Å². The molecule has 2 rings (SSSR count). The normalized spacial score (nSPS) is 20.6. The Kier molecular flexibility index (Phi) is 8.14. The molecule has 0 heterocycles.